The Hall–Kier alpha value is -2.53. The third kappa shape index (κ3) is 4.26. The molecule has 3 rings (SSSR count). The molecule has 1 fully saturated rings. The number of carbonyl (C=O) groups excluding carboxylic acids is 1. The zero-order chi connectivity index (χ0) is 16.8. The van der Waals surface area contributed by atoms with E-state index in [1.54, 1.807) is 31.6 Å². The summed E-state index contributed by atoms with van der Waals surface area (Å²) in [5, 5.41) is 2.84. The van der Waals surface area contributed by atoms with Gasteiger partial charge in [0.05, 0.1) is 12.4 Å². The third-order valence-electron chi connectivity index (χ3n) is 4.15. The number of benzene rings is 1. The number of nitrogens with zero attached hydrogens (tertiary/aromatic N) is 1. The van der Waals surface area contributed by atoms with Gasteiger partial charge in [-0.15, -0.1) is 0 Å². The minimum atomic E-state index is -0.184. The molecule has 1 aromatic heterocycles. The van der Waals surface area contributed by atoms with E-state index in [9.17, 15) is 4.79 Å². The fraction of sp³-hybridized carbons (Fsp3) is 0.316. The van der Waals surface area contributed by atoms with E-state index in [2.05, 4.69) is 10.2 Å². The molecule has 126 valence electrons. The van der Waals surface area contributed by atoms with E-state index in [4.69, 9.17) is 9.15 Å². The summed E-state index contributed by atoms with van der Waals surface area (Å²) in [7, 11) is 1.77. The molecule has 5 nitrogen and oxygen atoms in total. The number of piperidine rings is 1. The molecule has 0 aliphatic carbocycles. The van der Waals surface area contributed by atoms with Crippen LogP contribution in [0.25, 0.3) is 6.08 Å². The quantitative estimate of drug-likeness (QED) is 0.854. The Morgan fingerprint density at radius 1 is 1.33 bits per heavy atom. The highest BCUT2D eigenvalue weighted by Crippen LogP contribution is 2.23. The third-order valence-corrected chi connectivity index (χ3v) is 4.15. The number of hydrogen-bond donors (Lipinski definition) is 1. The van der Waals surface area contributed by atoms with E-state index in [-0.39, 0.29) is 5.91 Å². The molecular weight excluding hydrogens is 304 g/mol. The van der Waals surface area contributed by atoms with E-state index < -0.39 is 0 Å². The van der Waals surface area contributed by atoms with Gasteiger partial charge in [0.15, 0.2) is 0 Å². The van der Waals surface area contributed by atoms with E-state index in [0.717, 1.165) is 37.3 Å². The first-order valence-electron chi connectivity index (χ1n) is 8.15. The number of nitrogens with one attached hydrogen (secondary N) is 1. The molecule has 1 aliphatic rings. The molecule has 1 saturated heterocycles. The summed E-state index contributed by atoms with van der Waals surface area (Å²) >= 11 is 0. The van der Waals surface area contributed by atoms with Crippen LogP contribution in [0.2, 0.25) is 0 Å². The van der Waals surface area contributed by atoms with Crippen molar-refractivity contribution in [3.8, 4) is 0 Å². The molecule has 1 unspecified atom stereocenters. The molecule has 0 radical (unpaired) electrons. The van der Waals surface area contributed by atoms with Gasteiger partial charge in [0.25, 0.3) is 0 Å². The van der Waals surface area contributed by atoms with Crippen molar-refractivity contribution in [1.82, 2.24) is 0 Å². The number of anilines is 2. The summed E-state index contributed by atoms with van der Waals surface area (Å²) < 4.78 is 10.6. The van der Waals surface area contributed by atoms with Gasteiger partial charge in [-0.25, -0.2) is 0 Å². The predicted molar refractivity (Wildman–Crippen MR) is 95.1 cm³/mol. The summed E-state index contributed by atoms with van der Waals surface area (Å²) in [6.07, 6.45) is 7.22. The Morgan fingerprint density at radius 2 is 2.17 bits per heavy atom. The number of methoxy groups -OCH3 is 1. The number of amides is 1. The first-order valence-corrected chi connectivity index (χ1v) is 8.15. The normalized spacial score (nSPS) is 18.0. The molecule has 0 saturated carbocycles. The molecule has 0 spiro atoms. The van der Waals surface area contributed by atoms with Crippen LogP contribution in [0.5, 0.6) is 0 Å². The Labute approximate surface area is 141 Å². The Balaban J connectivity index is 1.57. The van der Waals surface area contributed by atoms with Crippen molar-refractivity contribution < 1.29 is 13.9 Å². The lowest BCUT2D eigenvalue weighted by Gasteiger charge is -2.33. The highest BCUT2D eigenvalue weighted by Gasteiger charge is 2.19. The zero-order valence-electron chi connectivity index (χ0n) is 13.8. The smallest absolute Gasteiger partial charge is 0.248 e. The van der Waals surface area contributed by atoms with Gasteiger partial charge in [0.1, 0.15) is 5.76 Å². The maximum Gasteiger partial charge on any atom is 0.248 e. The Morgan fingerprint density at radius 3 is 2.88 bits per heavy atom. The van der Waals surface area contributed by atoms with E-state index in [1.165, 1.54) is 6.08 Å². The van der Waals surface area contributed by atoms with Crippen LogP contribution in [-0.2, 0) is 9.53 Å². The van der Waals surface area contributed by atoms with Gasteiger partial charge < -0.3 is 19.4 Å². The Bertz CT molecular complexity index is 677. The second kappa shape index (κ2) is 7.84. The number of hydrogen-bond acceptors (Lipinski definition) is 4. The zero-order valence-corrected chi connectivity index (χ0v) is 13.8. The van der Waals surface area contributed by atoms with Crippen LogP contribution in [0, 0.1) is 0 Å². The summed E-state index contributed by atoms with van der Waals surface area (Å²) in [5.41, 5.74) is 1.93. The van der Waals surface area contributed by atoms with Crippen molar-refractivity contribution in [2.24, 2.45) is 0 Å². The molecule has 5 heteroatoms. The van der Waals surface area contributed by atoms with Crippen molar-refractivity contribution in [2.45, 2.75) is 18.9 Å². The SMILES string of the molecule is COC1CCCN(c2ccc(NC(=O)/C=C/c3ccco3)cc2)C1. The van der Waals surface area contributed by atoms with Crippen LogP contribution < -0.4 is 10.2 Å². The summed E-state index contributed by atoms with van der Waals surface area (Å²) in [6, 6.07) is 11.5. The lowest BCUT2D eigenvalue weighted by atomic mass is 10.1. The molecule has 1 aromatic carbocycles. The van der Waals surface area contributed by atoms with Gasteiger partial charge in [-0.3, -0.25) is 4.79 Å². The number of furan rings is 1. The van der Waals surface area contributed by atoms with Crippen LogP contribution in [0.15, 0.2) is 53.2 Å². The molecule has 1 amide bonds. The fourth-order valence-electron chi connectivity index (χ4n) is 2.85. The van der Waals surface area contributed by atoms with E-state index >= 15 is 0 Å². The lowest BCUT2D eigenvalue weighted by molar-refractivity contribution is -0.111. The Kier molecular flexibility index (Phi) is 5.33. The number of ether oxygens (including phenoxy) is 1. The van der Waals surface area contributed by atoms with Crippen LogP contribution in [-0.4, -0.2) is 32.2 Å². The van der Waals surface area contributed by atoms with Gasteiger partial charge in [0, 0.05) is 37.7 Å². The van der Waals surface area contributed by atoms with E-state index in [1.807, 2.05) is 24.3 Å². The molecule has 1 aliphatic heterocycles. The van der Waals surface area contributed by atoms with Crippen molar-refractivity contribution in [3.63, 3.8) is 0 Å². The van der Waals surface area contributed by atoms with Crippen molar-refractivity contribution in [3.05, 3.63) is 54.5 Å². The average molecular weight is 326 g/mol. The first-order chi connectivity index (χ1) is 11.7. The van der Waals surface area contributed by atoms with Gasteiger partial charge in [0.2, 0.25) is 5.91 Å². The summed E-state index contributed by atoms with van der Waals surface area (Å²) in [4.78, 5) is 14.2. The minimum absolute atomic E-state index is 0.184. The van der Waals surface area contributed by atoms with Gasteiger partial charge in [-0.05, 0) is 55.3 Å². The fourth-order valence-corrected chi connectivity index (χ4v) is 2.85. The van der Waals surface area contributed by atoms with Crippen molar-refractivity contribution >= 4 is 23.4 Å². The average Bonchev–Trinajstić information content (AvgIpc) is 3.14. The van der Waals surface area contributed by atoms with Gasteiger partial charge in [-0.1, -0.05) is 0 Å². The highest BCUT2D eigenvalue weighted by atomic mass is 16.5. The summed E-state index contributed by atoms with van der Waals surface area (Å²) in [6.45, 7) is 1.95. The van der Waals surface area contributed by atoms with Gasteiger partial charge in [-0.2, -0.15) is 0 Å². The first kappa shape index (κ1) is 16.3. The topological polar surface area (TPSA) is 54.7 Å². The second-order valence-corrected chi connectivity index (χ2v) is 5.83. The van der Waals surface area contributed by atoms with Crippen LogP contribution in [0.3, 0.4) is 0 Å². The van der Waals surface area contributed by atoms with Crippen LogP contribution in [0.1, 0.15) is 18.6 Å². The van der Waals surface area contributed by atoms with Crippen molar-refractivity contribution in [1.29, 1.82) is 0 Å². The lowest BCUT2D eigenvalue weighted by Crippen LogP contribution is -2.39. The van der Waals surface area contributed by atoms with Gasteiger partial charge >= 0.3 is 0 Å². The van der Waals surface area contributed by atoms with Crippen LogP contribution in [0.4, 0.5) is 11.4 Å². The molecular formula is C19H22N2O3. The molecule has 1 N–H and O–H groups in total. The summed E-state index contributed by atoms with van der Waals surface area (Å²) in [5.74, 6) is 0.467. The maximum absolute atomic E-state index is 11.9. The predicted octanol–water partition coefficient (Wildman–Crippen LogP) is 3.55. The largest absolute Gasteiger partial charge is 0.465 e. The van der Waals surface area contributed by atoms with Crippen LogP contribution >= 0.6 is 0 Å². The standard InChI is InChI=1S/C19H22N2O3/c1-23-18-4-2-12-21(14-18)16-8-6-15(7-9-16)20-19(22)11-10-17-5-3-13-24-17/h3,5-11,13,18H,2,4,12,14H2,1H3,(H,20,22)/b11-10+. The number of rotatable bonds is 5. The van der Waals surface area contributed by atoms with E-state index in [0.29, 0.717) is 11.9 Å². The molecule has 0 bridgehead atoms. The maximum atomic E-state index is 11.9. The molecule has 24 heavy (non-hydrogen) atoms. The molecule has 2 heterocycles. The molecule has 2 aromatic rings. The van der Waals surface area contributed by atoms with Crippen molar-refractivity contribution in [2.75, 3.05) is 30.4 Å². The highest BCUT2D eigenvalue weighted by molar-refractivity contribution is 6.01. The monoisotopic (exact) mass is 326 g/mol. The second-order valence-electron chi connectivity index (χ2n) is 5.83. The number of carbonyl (C=O) groups is 1. The molecule has 1 atom stereocenters. The minimum Gasteiger partial charge on any atom is -0.465 e.